The maximum atomic E-state index is 12.6. The van der Waals surface area contributed by atoms with Gasteiger partial charge in [-0.05, 0) is 36.8 Å². The van der Waals surface area contributed by atoms with Crippen molar-refractivity contribution in [1.29, 1.82) is 0 Å². The summed E-state index contributed by atoms with van der Waals surface area (Å²) < 4.78 is 28.4. The molecule has 0 bridgehead atoms. The molecule has 0 aliphatic heterocycles. The first-order chi connectivity index (χ1) is 15.3. The molecule has 32 heavy (non-hydrogen) atoms. The highest BCUT2D eigenvalue weighted by Gasteiger charge is 2.21. The summed E-state index contributed by atoms with van der Waals surface area (Å²) in [6, 6.07) is 15.7. The van der Waals surface area contributed by atoms with Crippen molar-refractivity contribution in [2.75, 3.05) is 13.1 Å². The summed E-state index contributed by atoms with van der Waals surface area (Å²) in [6.07, 6.45) is 3.58. The van der Waals surface area contributed by atoms with Gasteiger partial charge in [-0.3, -0.25) is 0 Å². The summed E-state index contributed by atoms with van der Waals surface area (Å²) in [4.78, 5) is 12.6. The van der Waals surface area contributed by atoms with E-state index in [4.69, 9.17) is 0 Å². The van der Waals surface area contributed by atoms with Crippen molar-refractivity contribution in [3.05, 3.63) is 78.1 Å². The van der Waals surface area contributed by atoms with E-state index in [1.165, 1.54) is 4.31 Å². The molecule has 3 rings (SSSR count). The van der Waals surface area contributed by atoms with E-state index in [1.807, 2.05) is 57.3 Å². The zero-order chi connectivity index (χ0) is 23.1. The molecule has 2 amide bonds. The summed E-state index contributed by atoms with van der Waals surface area (Å²) in [7, 11) is -3.50. The molecule has 0 saturated carbocycles. The number of aromatic nitrogens is 2. The number of rotatable bonds is 9. The second kappa shape index (κ2) is 10.4. The number of para-hydroxylation sites is 1. The van der Waals surface area contributed by atoms with Gasteiger partial charge in [-0.2, -0.15) is 9.40 Å². The van der Waals surface area contributed by atoms with Crippen molar-refractivity contribution >= 4 is 16.1 Å². The van der Waals surface area contributed by atoms with Crippen molar-refractivity contribution in [2.24, 2.45) is 0 Å². The molecule has 1 aromatic heterocycles. The number of amides is 2. The zero-order valence-corrected chi connectivity index (χ0v) is 19.3. The van der Waals surface area contributed by atoms with E-state index in [-0.39, 0.29) is 17.0 Å². The van der Waals surface area contributed by atoms with Gasteiger partial charge >= 0.3 is 6.03 Å². The van der Waals surface area contributed by atoms with E-state index < -0.39 is 10.0 Å². The number of hydrogen-bond acceptors (Lipinski definition) is 4. The number of hydrogen-bond donors (Lipinski definition) is 2. The number of urea groups is 1. The number of nitrogens with one attached hydrogen (secondary N) is 2. The van der Waals surface area contributed by atoms with Crippen LogP contribution in [-0.4, -0.2) is 41.6 Å². The van der Waals surface area contributed by atoms with Crippen molar-refractivity contribution in [3.8, 4) is 5.69 Å². The number of carbonyl (C=O) groups is 1. The van der Waals surface area contributed by atoms with Crippen LogP contribution in [0, 0.1) is 0 Å². The van der Waals surface area contributed by atoms with E-state index in [1.54, 1.807) is 35.1 Å². The smallest absolute Gasteiger partial charge is 0.315 e. The Kier molecular flexibility index (Phi) is 7.66. The first-order valence-electron chi connectivity index (χ1n) is 10.6. The van der Waals surface area contributed by atoms with Crippen LogP contribution in [0.2, 0.25) is 0 Å². The molecule has 1 heterocycles. The van der Waals surface area contributed by atoms with Crippen molar-refractivity contribution in [3.63, 3.8) is 0 Å². The number of benzene rings is 2. The van der Waals surface area contributed by atoms with Gasteiger partial charge < -0.3 is 10.6 Å². The lowest BCUT2D eigenvalue weighted by atomic mass is 10.1. The van der Waals surface area contributed by atoms with Crippen LogP contribution in [0.4, 0.5) is 4.79 Å². The Balaban J connectivity index is 1.55. The second-order valence-corrected chi connectivity index (χ2v) is 9.27. The van der Waals surface area contributed by atoms with Gasteiger partial charge in [0, 0.05) is 31.4 Å². The molecule has 170 valence electrons. The average molecular weight is 456 g/mol. The molecule has 1 atom stereocenters. The maximum absolute atomic E-state index is 12.6. The molecule has 2 N–H and O–H groups in total. The Hall–Kier alpha value is -3.17. The van der Waals surface area contributed by atoms with E-state index in [2.05, 4.69) is 15.7 Å². The van der Waals surface area contributed by atoms with Gasteiger partial charge in [0.2, 0.25) is 10.0 Å². The summed E-state index contributed by atoms with van der Waals surface area (Å²) in [5.41, 5.74) is 2.64. The van der Waals surface area contributed by atoms with Gasteiger partial charge in [0.05, 0.1) is 22.8 Å². The lowest BCUT2D eigenvalue weighted by molar-refractivity contribution is 0.237. The van der Waals surface area contributed by atoms with Crippen LogP contribution >= 0.6 is 0 Å². The number of carbonyl (C=O) groups excluding carboxylic acids is 1. The van der Waals surface area contributed by atoms with Gasteiger partial charge in [-0.25, -0.2) is 17.9 Å². The fourth-order valence-electron chi connectivity index (χ4n) is 3.33. The quantitative estimate of drug-likeness (QED) is 0.516. The van der Waals surface area contributed by atoms with Gasteiger partial charge in [-0.15, -0.1) is 0 Å². The monoisotopic (exact) mass is 455 g/mol. The minimum Gasteiger partial charge on any atom is -0.334 e. The predicted octanol–water partition coefficient (Wildman–Crippen LogP) is 3.46. The standard InChI is InChI=1S/C23H29N5O3S/c1-4-27(5-2)32(30,31)22-13-11-20(12-14-22)18(3)26-23(29)24-15-19-16-25-28(17-19)21-9-7-6-8-10-21/h6-14,16-18H,4-5,15H2,1-3H3,(H2,24,26,29). The zero-order valence-electron chi connectivity index (χ0n) is 18.5. The fraction of sp³-hybridized carbons (Fsp3) is 0.304. The molecule has 1 unspecified atom stereocenters. The van der Waals surface area contributed by atoms with Crippen LogP contribution in [0.25, 0.3) is 5.69 Å². The highest BCUT2D eigenvalue weighted by atomic mass is 32.2. The highest BCUT2D eigenvalue weighted by molar-refractivity contribution is 7.89. The van der Waals surface area contributed by atoms with Crippen molar-refractivity contribution < 1.29 is 13.2 Å². The minimum atomic E-state index is -3.50. The summed E-state index contributed by atoms with van der Waals surface area (Å²) in [5, 5.41) is 10.0. The molecule has 8 nitrogen and oxygen atoms in total. The molecular weight excluding hydrogens is 426 g/mol. The van der Waals surface area contributed by atoms with Crippen LogP contribution in [0.1, 0.15) is 37.9 Å². The lowest BCUT2D eigenvalue weighted by Crippen LogP contribution is -2.36. The highest BCUT2D eigenvalue weighted by Crippen LogP contribution is 2.19. The maximum Gasteiger partial charge on any atom is 0.315 e. The first kappa shape index (κ1) is 23.5. The van der Waals surface area contributed by atoms with Gasteiger partial charge in [0.25, 0.3) is 0 Å². The summed E-state index contributed by atoms with van der Waals surface area (Å²) >= 11 is 0. The van der Waals surface area contributed by atoms with Gasteiger partial charge in [-0.1, -0.05) is 44.2 Å². The normalized spacial score (nSPS) is 12.5. The SMILES string of the molecule is CCN(CC)S(=O)(=O)c1ccc(C(C)NC(=O)NCc2cnn(-c3ccccc3)c2)cc1. The Morgan fingerprint density at radius 1 is 1.06 bits per heavy atom. The van der Waals surface area contributed by atoms with Gasteiger partial charge in [0.1, 0.15) is 0 Å². The Morgan fingerprint density at radius 3 is 2.34 bits per heavy atom. The molecular formula is C23H29N5O3S. The molecule has 0 saturated heterocycles. The second-order valence-electron chi connectivity index (χ2n) is 7.34. The van der Waals surface area contributed by atoms with Crippen LogP contribution in [0.15, 0.2) is 71.9 Å². The third kappa shape index (κ3) is 5.54. The predicted molar refractivity (Wildman–Crippen MR) is 124 cm³/mol. The van der Waals surface area contributed by atoms with Crippen LogP contribution in [0.3, 0.4) is 0 Å². The average Bonchev–Trinajstić information content (AvgIpc) is 3.28. The van der Waals surface area contributed by atoms with Crippen LogP contribution in [-0.2, 0) is 16.6 Å². The van der Waals surface area contributed by atoms with E-state index >= 15 is 0 Å². The molecule has 0 aliphatic carbocycles. The molecule has 9 heteroatoms. The molecule has 0 aliphatic rings. The molecule has 3 aromatic rings. The molecule has 2 aromatic carbocycles. The van der Waals surface area contributed by atoms with E-state index in [0.29, 0.717) is 19.6 Å². The number of nitrogens with zero attached hydrogens (tertiary/aromatic N) is 3. The topological polar surface area (TPSA) is 96.3 Å². The largest absolute Gasteiger partial charge is 0.334 e. The number of sulfonamides is 1. The Labute approximate surface area is 189 Å². The third-order valence-corrected chi connectivity index (χ3v) is 7.24. The van der Waals surface area contributed by atoms with E-state index in [9.17, 15) is 13.2 Å². The Bertz CT molecular complexity index is 1120. The minimum absolute atomic E-state index is 0.247. The fourth-order valence-corrected chi connectivity index (χ4v) is 4.79. The van der Waals surface area contributed by atoms with E-state index in [0.717, 1.165) is 16.8 Å². The van der Waals surface area contributed by atoms with Crippen molar-refractivity contribution in [2.45, 2.75) is 38.3 Å². The Morgan fingerprint density at radius 2 is 1.72 bits per heavy atom. The molecule has 0 spiro atoms. The van der Waals surface area contributed by atoms with Gasteiger partial charge in [0.15, 0.2) is 0 Å². The third-order valence-electron chi connectivity index (χ3n) is 5.18. The van der Waals surface area contributed by atoms with Crippen LogP contribution < -0.4 is 10.6 Å². The van der Waals surface area contributed by atoms with Crippen molar-refractivity contribution in [1.82, 2.24) is 24.7 Å². The molecule has 0 fully saturated rings. The summed E-state index contributed by atoms with van der Waals surface area (Å²) in [6.45, 7) is 6.65. The van der Waals surface area contributed by atoms with Crippen LogP contribution in [0.5, 0.6) is 0 Å². The lowest BCUT2D eigenvalue weighted by Gasteiger charge is -2.19. The summed E-state index contributed by atoms with van der Waals surface area (Å²) in [5.74, 6) is 0. The molecule has 0 radical (unpaired) electrons. The first-order valence-corrected chi connectivity index (χ1v) is 12.0.